The molecule has 0 radical (unpaired) electrons. The Morgan fingerprint density at radius 2 is 2.03 bits per heavy atom. The molecule has 0 saturated carbocycles. The first-order valence-electron chi connectivity index (χ1n) is 10.1. The first-order chi connectivity index (χ1) is 13.5. The molecule has 2 rings (SSSR count). The number of hydrogen-bond donors (Lipinski definition) is 2. The number of rotatable bonds is 10. The van der Waals surface area contributed by atoms with Gasteiger partial charge in [-0.3, -0.25) is 0 Å². The van der Waals surface area contributed by atoms with Crippen LogP contribution in [0.5, 0.6) is 0 Å². The van der Waals surface area contributed by atoms with Gasteiger partial charge in [0.15, 0.2) is 11.8 Å². The molecule has 0 spiro atoms. The zero-order valence-electron chi connectivity index (χ0n) is 18.2. The van der Waals surface area contributed by atoms with Gasteiger partial charge in [-0.2, -0.15) is 5.10 Å². The van der Waals surface area contributed by atoms with Gasteiger partial charge in [0.05, 0.1) is 12.2 Å². The lowest BCUT2D eigenvalue weighted by Crippen LogP contribution is -2.38. The van der Waals surface area contributed by atoms with Crippen LogP contribution in [0.1, 0.15) is 44.1 Å². The zero-order valence-corrected chi connectivity index (χ0v) is 20.6. The van der Waals surface area contributed by atoms with Gasteiger partial charge in [-0.1, -0.05) is 19.9 Å². The van der Waals surface area contributed by atoms with Crippen molar-refractivity contribution in [2.75, 3.05) is 26.3 Å². The van der Waals surface area contributed by atoms with Crippen molar-refractivity contribution in [3.8, 4) is 5.82 Å². The van der Waals surface area contributed by atoms with Gasteiger partial charge in [-0.15, -0.1) is 24.0 Å². The maximum absolute atomic E-state index is 5.61. The van der Waals surface area contributed by atoms with Crippen LogP contribution in [0.15, 0.2) is 29.4 Å². The molecule has 2 heterocycles. The summed E-state index contributed by atoms with van der Waals surface area (Å²) in [7, 11) is 0. The first-order valence-corrected chi connectivity index (χ1v) is 10.1. The van der Waals surface area contributed by atoms with Gasteiger partial charge in [0, 0.05) is 38.2 Å². The van der Waals surface area contributed by atoms with Crippen molar-refractivity contribution < 1.29 is 4.74 Å². The molecule has 0 aromatic carbocycles. The lowest BCUT2D eigenvalue weighted by molar-refractivity contribution is 0.108. The molecule has 0 bridgehead atoms. The Morgan fingerprint density at radius 1 is 1.24 bits per heavy atom. The van der Waals surface area contributed by atoms with Crippen LogP contribution in [0, 0.1) is 19.8 Å². The third-order valence-corrected chi connectivity index (χ3v) is 4.01. The Hall–Kier alpha value is -1.68. The molecule has 0 amide bonds. The molecular weight excluding hydrogens is 479 g/mol. The van der Waals surface area contributed by atoms with Gasteiger partial charge in [-0.05, 0) is 50.8 Å². The van der Waals surface area contributed by atoms with Gasteiger partial charge in [-0.25, -0.2) is 14.7 Å². The van der Waals surface area contributed by atoms with E-state index in [0.717, 1.165) is 61.5 Å². The Bertz CT molecular complexity index is 742. The normalized spacial score (nSPS) is 11.4. The summed E-state index contributed by atoms with van der Waals surface area (Å²) < 4.78 is 7.46. The predicted octanol–water partition coefficient (Wildman–Crippen LogP) is 3.62. The number of nitrogens with zero attached hydrogens (tertiary/aromatic N) is 4. The van der Waals surface area contributed by atoms with Crippen LogP contribution < -0.4 is 10.6 Å². The van der Waals surface area contributed by atoms with Crippen molar-refractivity contribution in [1.29, 1.82) is 0 Å². The molecule has 0 atom stereocenters. The number of aryl methyl sites for hydroxylation is 2. The minimum atomic E-state index is 0. The number of pyridine rings is 1. The standard InChI is InChI=1S/C21H34N6O.HI/c1-6-22-21(23-10-7-11-28-15-16(2)3)25-14-19-8-9-20(24-13-19)27-18(5)12-17(4)26-27;/h8-9,12-13,16H,6-7,10-11,14-15H2,1-5H3,(H2,22,23,25);1H. The lowest BCUT2D eigenvalue weighted by Gasteiger charge is -2.12. The van der Waals surface area contributed by atoms with Gasteiger partial charge in [0.25, 0.3) is 0 Å². The number of aliphatic imine (C=N–C) groups is 1. The van der Waals surface area contributed by atoms with Crippen molar-refractivity contribution in [1.82, 2.24) is 25.4 Å². The topological polar surface area (TPSA) is 76.4 Å². The average Bonchev–Trinajstić information content (AvgIpc) is 3.00. The van der Waals surface area contributed by atoms with E-state index < -0.39 is 0 Å². The smallest absolute Gasteiger partial charge is 0.191 e. The monoisotopic (exact) mass is 514 g/mol. The van der Waals surface area contributed by atoms with E-state index in [1.54, 1.807) is 0 Å². The first kappa shape index (κ1) is 25.4. The number of ether oxygens (including phenoxy) is 1. The maximum Gasteiger partial charge on any atom is 0.191 e. The van der Waals surface area contributed by atoms with E-state index in [2.05, 4.69) is 46.5 Å². The molecule has 0 fully saturated rings. The summed E-state index contributed by atoms with van der Waals surface area (Å²) in [6.45, 7) is 14.2. The summed E-state index contributed by atoms with van der Waals surface area (Å²) in [5, 5.41) is 11.1. The van der Waals surface area contributed by atoms with Crippen LogP contribution in [-0.4, -0.2) is 47.0 Å². The van der Waals surface area contributed by atoms with E-state index in [1.165, 1.54) is 0 Å². The van der Waals surface area contributed by atoms with Crippen LogP contribution in [-0.2, 0) is 11.3 Å². The molecule has 0 saturated heterocycles. The fraction of sp³-hybridized carbons (Fsp3) is 0.571. The Kier molecular flexibility index (Phi) is 11.8. The van der Waals surface area contributed by atoms with Crippen molar-refractivity contribution in [3.63, 3.8) is 0 Å². The fourth-order valence-corrected chi connectivity index (χ4v) is 2.71. The molecule has 0 aliphatic heterocycles. The molecule has 2 N–H and O–H groups in total. The fourth-order valence-electron chi connectivity index (χ4n) is 2.71. The average molecular weight is 514 g/mol. The third-order valence-electron chi connectivity index (χ3n) is 4.01. The largest absolute Gasteiger partial charge is 0.381 e. The number of aromatic nitrogens is 3. The summed E-state index contributed by atoms with van der Waals surface area (Å²) in [6.07, 6.45) is 2.81. The quantitative estimate of drug-likeness (QED) is 0.219. The number of guanidine groups is 1. The van der Waals surface area contributed by atoms with Crippen LogP contribution in [0.2, 0.25) is 0 Å². The summed E-state index contributed by atoms with van der Waals surface area (Å²) in [6, 6.07) is 6.07. The predicted molar refractivity (Wildman–Crippen MR) is 129 cm³/mol. The van der Waals surface area contributed by atoms with E-state index in [0.29, 0.717) is 12.5 Å². The van der Waals surface area contributed by atoms with Crippen LogP contribution >= 0.6 is 24.0 Å². The highest BCUT2D eigenvalue weighted by molar-refractivity contribution is 14.0. The van der Waals surface area contributed by atoms with Crippen molar-refractivity contribution in [2.45, 2.75) is 47.6 Å². The van der Waals surface area contributed by atoms with Crippen LogP contribution in [0.4, 0.5) is 0 Å². The molecule has 0 unspecified atom stereocenters. The highest BCUT2D eigenvalue weighted by Gasteiger charge is 2.05. The second-order valence-corrected chi connectivity index (χ2v) is 7.31. The van der Waals surface area contributed by atoms with E-state index in [1.807, 2.05) is 42.9 Å². The molecule has 0 aliphatic rings. The Labute approximate surface area is 191 Å². The van der Waals surface area contributed by atoms with E-state index >= 15 is 0 Å². The van der Waals surface area contributed by atoms with Crippen LogP contribution in [0.25, 0.3) is 5.82 Å². The summed E-state index contributed by atoms with van der Waals surface area (Å²) in [5.74, 6) is 2.21. The Balaban J connectivity index is 0.00000420. The number of nitrogens with one attached hydrogen (secondary N) is 2. The number of hydrogen-bond acceptors (Lipinski definition) is 4. The van der Waals surface area contributed by atoms with Gasteiger partial charge >= 0.3 is 0 Å². The van der Waals surface area contributed by atoms with Gasteiger partial charge < -0.3 is 15.4 Å². The minimum Gasteiger partial charge on any atom is -0.381 e. The molecule has 162 valence electrons. The highest BCUT2D eigenvalue weighted by atomic mass is 127. The van der Waals surface area contributed by atoms with Crippen molar-refractivity contribution in [2.24, 2.45) is 10.9 Å². The molecule has 7 nitrogen and oxygen atoms in total. The van der Waals surface area contributed by atoms with Crippen LogP contribution in [0.3, 0.4) is 0 Å². The molecule has 2 aromatic heterocycles. The highest BCUT2D eigenvalue weighted by Crippen LogP contribution is 2.10. The Morgan fingerprint density at radius 3 is 2.62 bits per heavy atom. The lowest BCUT2D eigenvalue weighted by atomic mass is 10.2. The summed E-state index contributed by atoms with van der Waals surface area (Å²) in [4.78, 5) is 9.18. The number of halogens is 1. The second-order valence-electron chi connectivity index (χ2n) is 7.31. The van der Waals surface area contributed by atoms with E-state index in [4.69, 9.17) is 4.74 Å². The second kappa shape index (κ2) is 13.5. The third kappa shape index (κ3) is 9.12. The van der Waals surface area contributed by atoms with Gasteiger partial charge in [0.2, 0.25) is 0 Å². The SMILES string of the molecule is CCNC(=NCc1ccc(-n2nc(C)cc2C)nc1)NCCCOCC(C)C.I. The summed E-state index contributed by atoms with van der Waals surface area (Å²) >= 11 is 0. The molecular formula is C21H35IN6O. The van der Waals surface area contributed by atoms with Gasteiger partial charge in [0.1, 0.15) is 0 Å². The maximum atomic E-state index is 5.61. The molecule has 0 aliphatic carbocycles. The summed E-state index contributed by atoms with van der Waals surface area (Å²) in [5.41, 5.74) is 3.12. The van der Waals surface area contributed by atoms with Crippen molar-refractivity contribution in [3.05, 3.63) is 41.3 Å². The van der Waals surface area contributed by atoms with E-state index in [9.17, 15) is 0 Å². The van der Waals surface area contributed by atoms with E-state index in [-0.39, 0.29) is 24.0 Å². The van der Waals surface area contributed by atoms with Crippen molar-refractivity contribution >= 4 is 29.9 Å². The molecule has 2 aromatic rings. The molecule has 8 heteroatoms. The minimum absolute atomic E-state index is 0. The molecule has 29 heavy (non-hydrogen) atoms. The zero-order chi connectivity index (χ0) is 20.4.